The second-order valence-corrected chi connectivity index (χ2v) is 7.43. The van der Waals surface area contributed by atoms with Gasteiger partial charge in [-0.15, -0.1) is 0 Å². The van der Waals surface area contributed by atoms with Gasteiger partial charge in [-0.3, -0.25) is 0 Å². The molecule has 0 radical (unpaired) electrons. The third-order valence-electron chi connectivity index (χ3n) is 5.55. The number of hydrogen-bond acceptors (Lipinski definition) is 5. The first-order valence-corrected chi connectivity index (χ1v) is 9.42. The van der Waals surface area contributed by atoms with Gasteiger partial charge in [0.05, 0.1) is 35.1 Å². The largest absolute Gasteiger partial charge is 0.310 e. The highest BCUT2D eigenvalue weighted by Crippen LogP contribution is 2.40. The number of aryl methyl sites for hydroxylation is 1. The fourth-order valence-corrected chi connectivity index (χ4v) is 4.08. The first kappa shape index (κ1) is 17.7. The first-order valence-electron chi connectivity index (χ1n) is 9.42. The van der Waals surface area contributed by atoms with Gasteiger partial charge >= 0.3 is 0 Å². The molecule has 0 unspecified atom stereocenters. The number of nitriles is 1. The van der Waals surface area contributed by atoms with E-state index in [1.165, 1.54) is 0 Å². The molecule has 0 bridgehead atoms. The van der Waals surface area contributed by atoms with Gasteiger partial charge in [0, 0.05) is 25.1 Å². The van der Waals surface area contributed by atoms with Gasteiger partial charge in [-0.2, -0.15) is 10.4 Å². The first-order chi connectivity index (χ1) is 13.9. The summed E-state index contributed by atoms with van der Waals surface area (Å²) in [6.07, 6.45) is 5.55. The maximum atomic E-state index is 13.6. The number of hydrogen-bond donors (Lipinski definition) is 0. The van der Waals surface area contributed by atoms with Crippen LogP contribution in [0.5, 0.6) is 0 Å². The zero-order valence-electron chi connectivity index (χ0n) is 15.7. The topological polar surface area (TPSA) is 84.7 Å². The maximum absolute atomic E-state index is 13.6. The molecule has 9 heteroatoms. The Bertz CT molecular complexity index is 1270. The Morgan fingerprint density at radius 3 is 2.76 bits per heavy atom. The molecule has 0 aliphatic heterocycles. The Morgan fingerprint density at radius 1 is 1.21 bits per heavy atom. The van der Waals surface area contributed by atoms with Gasteiger partial charge in [0.1, 0.15) is 11.3 Å². The molecule has 4 aromatic heterocycles. The monoisotopic (exact) mass is 393 g/mol. The highest BCUT2D eigenvalue weighted by Gasteiger charge is 2.36. The molecule has 0 spiro atoms. The lowest BCUT2D eigenvalue weighted by atomic mass is 9.92. The third-order valence-corrected chi connectivity index (χ3v) is 5.55. The van der Waals surface area contributed by atoms with Crippen molar-refractivity contribution in [3.63, 3.8) is 0 Å². The molecule has 7 nitrogen and oxygen atoms in total. The molecule has 5 rings (SSSR count). The zero-order chi connectivity index (χ0) is 20.2. The maximum Gasteiger partial charge on any atom is 0.248 e. The lowest BCUT2D eigenvalue weighted by Crippen LogP contribution is -2.26. The number of halogens is 2. The number of nitrogens with zero attached hydrogens (tertiary/aromatic N) is 7. The highest BCUT2D eigenvalue weighted by molar-refractivity contribution is 5.80. The summed E-state index contributed by atoms with van der Waals surface area (Å²) >= 11 is 0. The Morgan fingerprint density at radius 2 is 2.00 bits per heavy atom. The van der Waals surface area contributed by atoms with E-state index in [0.29, 0.717) is 41.0 Å². The van der Waals surface area contributed by atoms with Crippen LogP contribution in [0.25, 0.3) is 28.1 Å². The van der Waals surface area contributed by atoms with Crippen LogP contribution in [0.3, 0.4) is 0 Å². The Kier molecular flexibility index (Phi) is 3.84. The van der Waals surface area contributed by atoms with E-state index in [0.717, 1.165) is 11.3 Å². The summed E-state index contributed by atoms with van der Waals surface area (Å²) in [5.74, 6) is -1.38. The standard InChI is InChI=1S/C20H17F2N7/c1-12-26-16-11-24-18(15-10-25-28-7-4-13(9-23)8-17(15)28)27-19(16)29(12)14-2-5-20(21,22)6-3-14/h4,7-8,10-11,14H,2-3,5-6H2,1H3. The Labute approximate surface area is 164 Å². The lowest BCUT2D eigenvalue weighted by Gasteiger charge is -2.29. The lowest BCUT2D eigenvalue weighted by molar-refractivity contribution is -0.0438. The summed E-state index contributed by atoms with van der Waals surface area (Å²) in [6, 6.07) is 5.49. The Hall–Kier alpha value is -3.41. The molecular weight excluding hydrogens is 376 g/mol. The van der Waals surface area contributed by atoms with E-state index < -0.39 is 5.92 Å². The minimum Gasteiger partial charge on any atom is -0.310 e. The van der Waals surface area contributed by atoms with Crippen molar-refractivity contribution >= 4 is 16.7 Å². The highest BCUT2D eigenvalue weighted by atomic mass is 19.3. The van der Waals surface area contributed by atoms with Crippen LogP contribution in [0.15, 0.2) is 30.7 Å². The quantitative estimate of drug-likeness (QED) is 0.512. The van der Waals surface area contributed by atoms with Crippen LogP contribution in [0.4, 0.5) is 8.78 Å². The van der Waals surface area contributed by atoms with Crippen LogP contribution in [-0.2, 0) is 0 Å². The fraction of sp³-hybridized carbons (Fsp3) is 0.350. The normalized spacial score (nSPS) is 17.0. The molecule has 0 aromatic carbocycles. The molecular formula is C20H17F2N7. The smallest absolute Gasteiger partial charge is 0.248 e. The predicted octanol–water partition coefficient (Wildman–Crippen LogP) is 4.07. The molecule has 4 heterocycles. The SMILES string of the molecule is Cc1nc2cnc(-c3cnn4ccc(C#N)cc34)nc2n1C1CCC(F)(F)CC1. The van der Waals surface area contributed by atoms with Crippen LogP contribution in [0.1, 0.15) is 43.1 Å². The van der Waals surface area contributed by atoms with Crippen molar-refractivity contribution in [2.24, 2.45) is 0 Å². The van der Waals surface area contributed by atoms with E-state index in [1.807, 2.05) is 11.5 Å². The number of fused-ring (bicyclic) bond motifs is 2. The summed E-state index contributed by atoms with van der Waals surface area (Å²) in [5, 5.41) is 13.5. The van der Waals surface area contributed by atoms with E-state index in [9.17, 15) is 14.0 Å². The number of rotatable bonds is 2. The summed E-state index contributed by atoms with van der Waals surface area (Å²) in [7, 11) is 0. The van der Waals surface area contributed by atoms with Crippen molar-refractivity contribution in [2.45, 2.75) is 44.6 Å². The number of imidazole rings is 1. The van der Waals surface area contributed by atoms with Crippen molar-refractivity contribution in [3.8, 4) is 17.5 Å². The van der Waals surface area contributed by atoms with Gasteiger partial charge < -0.3 is 4.57 Å². The summed E-state index contributed by atoms with van der Waals surface area (Å²) < 4.78 is 30.8. The van der Waals surface area contributed by atoms with Crippen LogP contribution >= 0.6 is 0 Å². The average Bonchev–Trinajstić information content (AvgIpc) is 3.27. The second-order valence-electron chi connectivity index (χ2n) is 7.43. The van der Waals surface area contributed by atoms with Crippen molar-refractivity contribution in [1.82, 2.24) is 29.1 Å². The number of aromatic nitrogens is 6. The molecule has 0 saturated heterocycles. The third kappa shape index (κ3) is 2.92. The van der Waals surface area contributed by atoms with Crippen molar-refractivity contribution in [2.75, 3.05) is 0 Å². The van der Waals surface area contributed by atoms with Crippen molar-refractivity contribution in [3.05, 3.63) is 42.1 Å². The van der Waals surface area contributed by atoms with Crippen LogP contribution < -0.4 is 0 Å². The van der Waals surface area contributed by atoms with Crippen molar-refractivity contribution in [1.29, 1.82) is 5.26 Å². The predicted molar refractivity (Wildman–Crippen MR) is 101 cm³/mol. The molecule has 0 amide bonds. The molecule has 1 saturated carbocycles. The van der Waals surface area contributed by atoms with E-state index >= 15 is 0 Å². The molecule has 146 valence electrons. The summed E-state index contributed by atoms with van der Waals surface area (Å²) in [4.78, 5) is 13.7. The van der Waals surface area contributed by atoms with Crippen LogP contribution in [0.2, 0.25) is 0 Å². The molecule has 4 aromatic rings. The van der Waals surface area contributed by atoms with Gasteiger partial charge in [-0.1, -0.05) is 0 Å². The van der Waals surface area contributed by atoms with Gasteiger partial charge in [0.15, 0.2) is 11.5 Å². The van der Waals surface area contributed by atoms with Crippen LogP contribution in [-0.4, -0.2) is 35.1 Å². The van der Waals surface area contributed by atoms with Gasteiger partial charge in [-0.25, -0.2) is 28.2 Å². The van der Waals surface area contributed by atoms with Gasteiger partial charge in [0.2, 0.25) is 5.92 Å². The van der Waals surface area contributed by atoms with E-state index in [4.69, 9.17) is 4.98 Å². The fourth-order valence-electron chi connectivity index (χ4n) is 4.08. The number of pyridine rings is 1. The molecule has 1 aliphatic rings. The second kappa shape index (κ2) is 6.30. The molecule has 1 aliphatic carbocycles. The molecule has 1 fully saturated rings. The van der Waals surface area contributed by atoms with Crippen molar-refractivity contribution < 1.29 is 8.78 Å². The van der Waals surface area contributed by atoms with E-state index in [1.54, 1.807) is 35.2 Å². The van der Waals surface area contributed by atoms with Gasteiger partial charge in [0.25, 0.3) is 0 Å². The number of alkyl halides is 2. The van der Waals surface area contributed by atoms with E-state index in [-0.39, 0.29) is 18.9 Å². The Balaban J connectivity index is 1.62. The summed E-state index contributed by atoms with van der Waals surface area (Å²) in [6.45, 7) is 1.86. The van der Waals surface area contributed by atoms with Crippen LogP contribution in [0, 0.1) is 18.3 Å². The molecule has 29 heavy (non-hydrogen) atoms. The molecule has 0 atom stereocenters. The molecule has 0 N–H and O–H groups in total. The minimum atomic E-state index is -2.59. The minimum absolute atomic E-state index is 0.0588. The zero-order valence-corrected chi connectivity index (χ0v) is 15.7. The summed E-state index contributed by atoms with van der Waals surface area (Å²) in [5.41, 5.74) is 3.22. The van der Waals surface area contributed by atoms with Gasteiger partial charge in [-0.05, 0) is 31.9 Å². The van der Waals surface area contributed by atoms with E-state index in [2.05, 4.69) is 21.1 Å². The average molecular weight is 393 g/mol.